The second-order valence-corrected chi connectivity index (χ2v) is 8.83. The van der Waals surface area contributed by atoms with Gasteiger partial charge < -0.3 is 4.90 Å². The third kappa shape index (κ3) is 4.50. The van der Waals surface area contributed by atoms with Crippen LogP contribution in [0, 0.1) is 23.3 Å². The van der Waals surface area contributed by atoms with Crippen molar-refractivity contribution in [2.45, 2.75) is 43.5 Å². The minimum atomic E-state index is -1.12. The smallest absolute Gasteiger partial charge is 0.214 e. The van der Waals surface area contributed by atoms with Crippen molar-refractivity contribution in [3.8, 4) is 11.1 Å². The van der Waals surface area contributed by atoms with Crippen LogP contribution in [0.15, 0.2) is 47.4 Å². The maximum atomic E-state index is 13.7. The van der Waals surface area contributed by atoms with E-state index in [1.165, 1.54) is 11.6 Å². The molecule has 8 heteroatoms. The van der Waals surface area contributed by atoms with Crippen LogP contribution in [0.2, 0.25) is 0 Å². The molecular weight excluding hydrogens is 452 g/mol. The highest BCUT2D eigenvalue weighted by Crippen LogP contribution is 2.35. The first-order valence-corrected chi connectivity index (χ1v) is 11.4. The van der Waals surface area contributed by atoms with Gasteiger partial charge in [0.2, 0.25) is 6.41 Å². The summed E-state index contributed by atoms with van der Waals surface area (Å²) in [6, 6.07) is 10.3. The van der Waals surface area contributed by atoms with Crippen molar-refractivity contribution in [3.05, 3.63) is 82.4 Å². The van der Waals surface area contributed by atoms with Crippen LogP contribution < -0.4 is 10.0 Å². The molecule has 1 unspecified atom stereocenters. The van der Waals surface area contributed by atoms with Crippen molar-refractivity contribution in [1.82, 2.24) is 0 Å². The van der Waals surface area contributed by atoms with Gasteiger partial charge in [0.25, 0.3) is 0 Å². The lowest BCUT2D eigenvalue weighted by atomic mass is 9.99. The number of anilines is 1. The average molecular weight is 475 g/mol. The predicted molar refractivity (Wildman–Crippen MR) is 122 cm³/mol. The quantitative estimate of drug-likeness (QED) is 0.221. The SMILES string of the molecule is CC1Cc2cc(F)c(SN)cc2N1C=O.Fc1ccc(F)c(-c2ccc3c(c2)CCC3)c1F. The number of amides is 1. The molecule has 3 nitrogen and oxygen atoms in total. The van der Waals surface area contributed by atoms with Crippen LogP contribution in [-0.4, -0.2) is 12.5 Å². The number of carbonyl (C=O) groups is 1. The molecule has 0 aromatic heterocycles. The molecule has 5 rings (SSSR count). The minimum Gasteiger partial charge on any atom is -0.312 e. The van der Waals surface area contributed by atoms with E-state index < -0.39 is 17.5 Å². The predicted octanol–water partition coefficient (Wildman–Crippen LogP) is 5.96. The Labute approximate surface area is 193 Å². The molecule has 1 aliphatic heterocycles. The molecule has 2 aliphatic rings. The number of benzene rings is 3. The van der Waals surface area contributed by atoms with Crippen LogP contribution >= 0.6 is 11.9 Å². The largest absolute Gasteiger partial charge is 0.312 e. The highest BCUT2D eigenvalue weighted by molar-refractivity contribution is 7.97. The number of aryl methyl sites for hydroxylation is 2. The molecule has 1 heterocycles. The molecule has 2 N–H and O–H groups in total. The van der Waals surface area contributed by atoms with Gasteiger partial charge in [-0.3, -0.25) is 9.93 Å². The van der Waals surface area contributed by atoms with Gasteiger partial charge in [0.15, 0.2) is 11.6 Å². The van der Waals surface area contributed by atoms with Gasteiger partial charge in [0, 0.05) is 11.7 Å². The van der Waals surface area contributed by atoms with Gasteiger partial charge in [-0.25, -0.2) is 17.6 Å². The van der Waals surface area contributed by atoms with E-state index in [-0.39, 0.29) is 17.4 Å². The fraction of sp³-hybridized carbons (Fsp3) is 0.240. The molecule has 0 radical (unpaired) electrons. The van der Waals surface area contributed by atoms with Crippen molar-refractivity contribution in [2.75, 3.05) is 4.90 Å². The zero-order valence-corrected chi connectivity index (χ0v) is 18.7. The topological polar surface area (TPSA) is 46.3 Å². The molecule has 172 valence electrons. The first-order valence-electron chi connectivity index (χ1n) is 10.5. The molecule has 0 saturated carbocycles. The molecule has 1 atom stereocenters. The summed E-state index contributed by atoms with van der Waals surface area (Å²) in [6.07, 6.45) is 4.46. The number of halogens is 4. The standard InChI is InChI=1S/C15H11F3.C10H11FN2OS/c16-12-6-7-13(17)15(18)14(12)11-5-4-9-2-1-3-10(9)8-11;1-6-2-7-3-8(11)10(15-12)4-9(7)13(6)5-14/h4-8H,1-3H2;3-6H,2,12H2,1H3. The van der Waals surface area contributed by atoms with E-state index >= 15 is 0 Å². The van der Waals surface area contributed by atoms with Gasteiger partial charge in [-0.2, -0.15) is 0 Å². The van der Waals surface area contributed by atoms with Gasteiger partial charge in [-0.1, -0.05) is 18.2 Å². The van der Waals surface area contributed by atoms with E-state index in [0.29, 0.717) is 16.9 Å². The van der Waals surface area contributed by atoms with Crippen molar-refractivity contribution in [1.29, 1.82) is 0 Å². The van der Waals surface area contributed by atoms with Gasteiger partial charge in [0.05, 0.1) is 10.5 Å². The highest BCUT2D eigenvalue weighted by atomic mass is 32.2. The van der Waals surface area contributed by atoms with E-state index in [9.17, 15) is 22.4 Å². The van der Waals surface area contributed by atoms with Crippen LogP contribution in [0.4, 0.5) is 23.2 Å². The van der Waals surface area contributed by atoms with Crippen molar-refractivity contribution < 1.29 is 22.4 Å². The van der Waals surface area contributed by atoms with Crippen LogP contribution in [0.1, 0.15) is 30.0 Å². The maximum Gasteiger partial charge on any atom is 0.214 e. The van der Waals surface area contributed by atoms with E-state index in [1.54, 1.807) is 23.1 Å². The molecule has 3 aromatic rings. The Morgan fingerprint density at radius 1 is 0.939 bits per heavy atom. The third-order valence-electron chi connectivity index (χ3n) is 6.07. The lowest BCUT2D eigenvalue weighted by Crippen LogP contribution is -2.27. The average Bonchev–Trinajstić information content (AvgIpc) is 3.38. The van der Waals surface area contributed by atoms with E-state index in [0.717, 1.165) is 66.6 Å². The summed E-state index contributed by atoms with van der Waals surface area (Å²) in [5.74, 6) is -3.19. The Kier molecular flexibility index (Phi) is 6.76. The second kappa shape index (κ2) is 9.57. The molecule has 33 heavy (non-hydrogen) atoms. The minimum absolute atomic E-state index is 0.0925. The van der Waals surface area contributed by atoms with E-state index in [1.807, 2.05) is 13.0 Å². The number of nitrogens with zero attached hydrogens (tertiary/aromatic N) is 1. The Hall–Kier alpha value is -2.84. The summed E-state index contributed by atoms with van der Waals surface area (Å²) in [5, 5.41) is 5.34. The molecule has 3 aromatic carbocycles. The Morgan fingerprint density at radius 2 is 1.67 bits per heavy atom. The molecule has 1 aliphatic carbocycles. The van der Waals surface area contributed by atoms with Crippen LogP contribution in [0.3, 0.4) is 0 Å². The Bertz CT molecular complexity index is 1220. The van der Waals surface area contributed by atoms with Gasteiger partial charge in [-0.05, 0) is 91.1 Å². The number of hydrogen-bond acceptors (Lipinski definition) is 3. The zero-order chi connectivity index (χ0) is 23.7. The number of rotatable bonds is 3. The van der Waals surface area contributed by atoms with Gasteiger partial charge >= 0.3 is 0 Å². The third-order valence-corrected chi connectivity index (χ3v) is 6.64. The maximum absolute atomic E-state index is 13.7. The van der Waals surface area contributed by atoms with E-state index in [4.69, 9.17) is 5.14 Å². The van der Waals surface area contributed by atoms with Crippen molar-refractivity contribution in [3.63, 3.8) is 0 Å². The monoisotopic (exact) mass is 474 g/mol. The Balaban J connectivity index is 0.000000160. The highest BCUT2D eigenvalue weighted by Gasteiger charge is 2.27. The first-order chi connectivity index (χ1) is 15.8. The van der Waals surface area contributed by atoms with E-state index in [2.05, 4.69) is 0 Å². The normalized spacial score (nSPS) is 16.2. The summed E-state index contributed by atoms with van der Waals surface area (Å²) < 4.78 is 53.9. The lowest BCUT2D eigenvalue weighted by molar-refractivity contribution is -0.107. The molecule has 0 bridgehead atoms. The van der Waals surface area contributed by atoms with Crippen LogP contribution in [0.5, 0.6) is 0 Å². The summed E-state index contributed by atoms with van der Waals surface area (Å²) in [7, 11) is 0. The molecule has 1 amide bonds. The zero-order valence-electron chi connectivity index (χ0n) is 17.9. The number of carbonyl (C=O) groups excluding carboxylic acids is 1. The number of hydrogen-bond donors (Lipinski definition) is 1. The summed E-state index contributed by atoms with van der Waals surface area (Å²) >= 11 is 0.858. The van der Waals surface area contributed by atoms with Gasteiger partial charge in [0.1, 0.15) is 11.6 Å². The molecule has 0 spiro atoms. The van der Waals surface area contributed by atoms with Crippen molar-refractivity contribution in [2.24, 2.45) is 5.14 Å². The second-order valence-electron chi connectivity index (χ2n) is 8.15. The number of nitrogens with two attached hydrogens (primary N) is 1. The van der Waals surface area contributed by atoms with Crippen LogP contribution in [0.25, 0.3) is 11.1 Å². The molecular formula is C25H22F4N2OS. The molecule has 0 saturated heterocycles. The van der Waals surface area contributed by atoms with Crippen LogP contribution in [-0.2, 0) is 24.1 Å². The first kappa shape index (κ1) is 23.3. The fourth-order valence-electron chi connectivity index (χ4n) is 4.41. The van der Waals surface area contributed by atoms with Crippen molar-refractivity contribution >= 4 is 24.0 Å². The summed E-state index contributed by atoms with van der Waals surface area (Å²) in [6.45, 7) is 1.93. The Morgan fingerprint density at radius 3 is 2.39 bits per heavy atom. The van der Waals surface area contributed by atoms with Gasteiger partial charge in [-0.15, -0.1) is 0 Å². The lowest BCUT2D eigenvalue weighted by Gasteiger charge is -2.16. The number of fused-ring (bicyclic) bond motifs is 2. The summed E-state index contributed by atoms with van der Waals surface area (Å²) in [5.41, 5.74) is 4.10. The summed E-state index contributed by atoms with van der Waals surface area (Å²) in [4.78, 5) is 12.8. The molecule has 0 fully saturated rings. The fourth-order valence-corrected chi connectivity index (χ4v) is 4.76.